The number of benzene rings is 4. The normalized spacial score (nSPS) is 12.0. The van der Waals surface area contributed by atoms with Crippen LogP contribution in [0, 0.1) is 83.1 Å². The molecule has 0 atom stereocenters. The van der Waals surface area contributed by atoms with Crippen molar-refractivity contribution < 1.29 is 16.8 Å². The summed E-state index contributed by atoms with van der Waals surface area (Å²) in [6, 6.07) is 29.6. The van der Waals surface area contributed by atoms with Crippen molar-refractivity contribution in [3.8, 4) is 39.1 Å². The van der Waals surface area contributed by atoms with Crippen LogP contribution in [0.15, 0.2) is 78.9 Å². The number of H-pyrrole nitrogens is 1. The number of aryl methyl sites for hydroxylation is 12. The molecule has 9 rings (SSSR count). The van der Waals surface area contributed by atoms with Crippen LogP contribution in [-0.4, -0.2) is 19.5 Å². The van der Waals surface area contributed by atoms with E-state index < -0.39 is 0 Å². The van der Waals surface area contributed by atoms with Crippen LogP contribution in [0.2, 0.25) is 0 Å². The van der Waals surface area contributed by atoms with Gasteiger partial charge in [-0.1, -0.05) is 70.8 Å². The first kappa shape index (κ1) is 41.7. The molecule has 0 fully saturated rings. The molecule has 0 saturated carbocycles. The minimum atomic E-state index is 0. The maximum atomic E-state index is 5.56. The van der Waals surface area contributed by atoms with E-state index in [4.69, 9.17) is 9.97 Å². The number of nitrogens with zero attached hydrogens (tertiary/aromatic N) is 3. The van der Waals surface area contributed by atoms with Crippen LogP contribution in [-0.2, 0) is 16.8 Å². The Balaban J connectivity index is 0.00000514. The Labute approximate surface area is 371 Å². The molecular formula is C56H54CoN4. The van der Waals surface area contributed by atoms with Gasteiger partial charge in [-0.05, 0) is 199 Å². The zero-order chi connectivity index (χ0) is 42.3. The Kier molecular flexibility index (Phi) is 10.8. The topological polar surface area (TPSA) is 46.5 Å². The van der Waals surface area contributed by atoms with Crippen LogP contribution in [0.4, 0.5) is 0 Å². The van der Waals surface area contributed by atoms with Crippen molar-refractivity contribution in [3.63, 3.8) is 0 Å². The van der Waals surface area contributed by atoms with E-state index in [1.165, 1.54) is 100 Å². The number of hydrogen-bond acceptors (Lipinski definition) is 2. The van der Waals surface area contributed by atoms with Gasteiger partial charge in [0.1, 0.15) is 0 Å². The molecule has 0 aliphatic carbocycles. The Hall–Kier alpha value is -6.01. The second-order valence-corrected chi connectivity index (χ2v) is 17.6. The van der Waals surface area contributed by atoms with Crippen LogP contribution in [0.3, 0.4) is 0 Å². The summed E-state index contributed by atoms with van der Waals surface area (Å²) < 4.78 is 2.60. The van der Waals surface area contributed by atoms with Crippen molar-refractivity contribution >= 4 is 46.4 Å². The fourth-order valence-electron chi connectivity index (χ4n) is 10.5. The molecule has 5 heteroatoms. The summed E-state index contributed by atoms with van der Waals surface area (Å²) in [6.45, 7) is 27.0. The van der Waals surface area contributed by atoms with Crippen LogP contribution in [0.1, 0.15) is 89.5 Å². The monoisotopic (exact) mass is 841 g/mol. The van der Waals surface area contributed by atoms with E-state index in [1.807, 2.05) is 0 Å². The maximum absolute atomic E-state index is 5.56. The molecule has 0 spiro atoms. The van der Waals surface area contributed by atoms with Crippen LogP contribution < -0.4 is 0 Å². The molecule has 1 radical (unpaired) electrons. The first-order valence-corrected chi connectivity index (χ1v) is 21.1. The third kappa shape index (κ3) is 7.34. The molecule has 2 aliphatic heterocycles. The fraction of sp³-hybridized carbons (Fsp3) is 0.214. The number of rotatable bonds is 4. The second-order valence-electron chi connectivity index (χ2n) is 17.6. The summed E-state index contributed by atoms with van der Waals surface area (Å²) >= 11 is 0. The summed E-state index contributed by atoms with van der Waals surface area (Å²) in [5.74, 6) is 0. The van der Waals surface area contributed by atoms with Crippen molar-refractivity contribution in [2.75, 3.05) is 0 Å². The van der Waals surface area contributed by atoms with Gasteiger partial charge in [-0.25, -0.2) is 9.97 Å². The van der Waals surface area contributed by atoms with E-state index >= 15 is 0 Å². The van der Waals surface area contributed by atoms with E-state index in [0.29, 0.717) is 0 Å². The van der Waals surface area contributed by atoms with E-state index in [9.17, 15) is 0 Å². The molecule has 4 aromatic carbocycles. The standard InChI is InChI=1S/C56H54N4.Co/c1-30-19-34(5)49(35(6)20-30)52-47-18-17-45(59-47)28-44-14-13-42(57-44)27-43-15-16-46(58-43)29-48-53(50-36(7)21-31(2)22-37(50)8)54(51-38(9)23-32(3)24-39(51)10)56(52)60(48)55-40(11)25-33(4)26-41(55)12;/h13-29,57H,1-12H3;. The van der Waals surface area contributed by atoms with Gasteiger partial charge in [-0.2, -0.15) is 0 Å². The van der Waals surface area contributed by atoms with Crippen molar-refractivity contribution in [3.05, 3.63) is 168 Å². The van der Waals surface area contributed by atoms with Crippen LogP contribution >= 0.6 is 0 Å². The molecule has 307 valence electrons. The third-order valence-electron chi connectivity index (χ3n) is 12.3. The number of hydrogen-bond donors (Lipinski definition) is 1. The van der Waals surface area contributed by atoms with Gasteiger partial charge < -0.3 is 9.55 Å². The summed E-state index contributed by atoms with van der Waals surface area (Å²) in [4.78, 5) is 14.4. The van der Waals surface area contributed by atoms with Crippen LogP contribution in [0.5, 0.6) is 0 Å². The Morgan fingerprint density at radius 3 is 1.23 bits per heavy atom. The average Bonchev–Trinajstić information content (AvgIpc) is 3.95. The molecule has 61 heavy (non-hydrogen) atoms. The molecule has 8 bridgehead atoms. The molecule has 0 saturated heterocycles. The Bertz CT molecular complexity index is 3130. The van der Waals surface area contributed by atoms with Gasteiger partial charge >= 0.3 is 0 Å². The Morgan fingerprint density at radius 1 is 0.377 bits per heavy atom. The molecule has 2 aliphatic rings. The average molecular weight is 842 g/mol. The van der Waals surface area contributed by atoms with E-state index in [-0.39, 0.29) is 16.8 Å². The summed E-state index contributed by atoms with van der Waals surface area (Å²) in [6.07, 6.45) is 8.69. The van der Waals surface area contributed by atoms with E-state index in [2.05, 4.69) is 196 Å². The second kappa shape index (κ2) is 15.8. The quantitative estimate of drug-likeness (QED) is 0.192. The maximum Gasteiger partial charge on any atom is 0.0737 e. The first-order chi connectivity index (χ1) is 28.6. The number of aromatic nitrogens is 4. The molecular weight excluding hydrogens is 788 g/mol. The predicted octanol–water partition coefficient (Wildman–Crippen LogP) is 14.8. The SMILES string of the molecule is Cc1cc(C)c(-c2c(-c3c(C)cc(C)cc3C)c3c(-c4c(C)cc(C)cc4C)c4nc(cc5ccc(cc6nc(cc2n3-c2c(C)cc(C)cc2C)C=C6)[nH]5)C=C4)c(C)c1.[Co]. The molecule has 5 heterocycles. The predicted molar refractivity (Wildman–Crippen MR) is 257 cm³/mol. The summed E-state index contributed by atoms with van der Waals surface area (Å²) in [5.41, 5.74) is 31.2. The molecule has 4 nitrogen and oxygen atoms in total. The zero-order valence-electron chi connectivity index (χ0n) is 37.5. The van der Waals surface area contributed by atoms with Gasteiger partial charge in [0.2, 0.25) is 0 Å². The molecule has 0 unspecified atom stereocenters. The van der Waals surface area contributed by atoms with Gasteiger partial charge in [-0.15, -0.1) is 0 Å². The number of fused-ring (bicyclic) bond motifs is 8. The van der Waals surface area contributed by atoms with Gasteiger partial charge in [-0.3, -0.25) is 0 Å². The van der Waals surface area contributed by atoms with Crippen molar-refractivity contribution in [1.82, 2.24) is 19.5 Å². The minimum absolute atomic E-state index is 0. The van der Waals surface area contributed by atoms with Crippen LogP contribution in [0.25, 0.3) is 85.4 Å². The number of nitrogens with one attached hydrogen (secondary N) is 1. The Morgan fingerprint density at radius 2 is 0.754 bits per heavy atom. The molecule has 1 N–H and O–H groups in total. The zero-order valence-corrected chi connectivity index (χ0v) is 38.5. The smallest absolute Gasteiger partial charge is 0.0737 e. The summed E-state index contributed by atoms with van der Waals surface area (Å²) in [7, 11) is 0. The van der Waals surface area contributed by atoms with Gasteiger partial charge in [0, 0.05) is 44.5 Å². The van der Waals surface area contributed by atoms with Crippen molar-refractivity contribution in [2.24, 2.45) is 0 Å². The van der Waals surface area contributed by atoms with Gasteiger partial charge in [0.25, 0.3) is 0 Å². The summed E-state index contributed by atoms with van der Waals surface area (Å²) in [5, 5.41) is 0. The van der Waals surface area contributed by atoms with Gasteiger partial charge in [0.15, 0.2) is 0 Å². The van der Waals surface area contributed by atoms with Gasteiger partial charge in [0.05, 0.1) is 39.5 Å². The number of aromatic amines is 1. The van der Waals surface area contributed by atoms with Crippen molar-refractivity contribution in [1.29, 1.82) is 0 Å². The fourth-order valence-corrected chi connectivity index (χ4v) is 10.5. The largest absolute Gasteiger partial charge is 0.355 e. The minimum Gasteiger partial charge on any atom is -0.355 e. The molecule has 7 aromatic rings. The van der Waals surface area contributed by atoms with Crippen molar-refractivity contribution in [2.45, 2.75) is 83.1 Å². The first-order valence-electron chi connectivity index (χ1n) is 21.1. The van der Waals surface area contributed by atoms with E-state index in [1.54, 1.807) is 0 Å². The molecule has 0 amide bonds. The third-order valence-corrected chi connectivity index (χ3v) is 12.3. The van der Waals surface area contributed by atoms with E-state index in [0.717, 1.165) is 50.4 Å². The molecule has 3 aromatic heterocycles.